The second-order valence-electron chi connectivity index (χ2n) is 7.05. The fourth-order valence-corrected chi connectivity index (χ4v) is 3.50. The maximum atomic E-state index is 13.2. The van der Waals surface area contributed by atoms with Crippen LogP contribution < -0.4 is 5.73 Å². The van der Waals surface area contributed by atoms with Gasteiger partial charge in [-0.05, 0) is 25.0 Å². The Morgan fingerprint density at radius 1 is 1.25 bits per heavy atom. The van der Waals surface area contributed by atoms with Crippen molar-refractivity contribution in [3.8, 4) is 0 Å². The largest absolute Gasteiger partial charge is 0.418 e. The summed E-state index contributed by atoms with van der Waals surface area (Å²) >= 11 is 0. The van der Waals surface area contributed by atoms with Crippen molar-refractivity contribution in [2.24, 2.45) is 16.6 Å². The van der Waals surface area contributed by atoms with E-state index in [9.17, 15) is 13.2 Å². The van der Waals surface area contributed by atoms with Gasteiger partial charge in [0.2, 0.25) is 0 Å². The van der Waals surface area contributed by atoms with E-state index in [1.165, 1.54) is 12.3 Å². The average molecular weight is 394 g/mol. The quantitative estimate of drug-likeness (QED) is 0.780. The van der Waals surface area contributed by atoms with Crippen LogP contribution in [-0.4, -0.2) is 48.1 Å². The van der Waals surface area contributed by atoms with Crippen LogP contribution >= 0.6 is 0 Å². The smallest absolute Gasteiger partial charge is 0.398 e. The summed E-state index contributed by atoms with van der Waals surface area (Å²) in [6.07, 6.45) is 1.34. The van der Waals surface area contributed by atoms with Crippen LogP contribution in [0.2, 0.25) is 0 Å². The third-order valence-electron chi connectivity index (χ3n) is 5.06. The van der Waals surface area contributed by atoms with Crippen molar-refractivity contribution in [1.82, 2.24) is 9.97 Å². The number of hydrogen-bond donors (Lipinski definition) is 2. The van der Waals surface area contributed by atoms with Crippen LogP contribution in [0.25, 0.3) is 16.7 Å². The molecule has 2 aromatic heterocycles. The van der Waals surface area contributed by atoms with Gasteiger partial charge in [0, 0.05) is 53.9 Å². The molecule has 28 heavy (non-hydrogen) atoms. The van der Waals surface area contributed by atoms with Crippen molar-refractivity contribution in [1.29, 1.82) is 0 Å². The standard InChI is InChI=1S/C19H21F3N4O2/c20-19(21,22)15-8-25-18-14(15)5-12(7-24-18)16(23)6-17(11-1-3-27-9-11)26-13-2-4-28-10-13/h5-8,11,13H,1-4,9-10,23H2,(H,24,25). The molecular weight excluding hydrogens is 373 g/mol. The number of nitrogens with zero attached hydrogens (tertiary/aromatic N) is 2. The summed E-state index contributed by atoms with van der Waals surface area (Å²) in [5.74, 6) is 0.119. The lowest BCUT2D eigenvalue weighted by Gasteiger charge is -2.13. The molecule has 0 aliphatic carbocycles. The number of fused-ring (bicyclic) bond motifs is 1. The van der Waals surface area contributed by atoms with Crippen molar-refractivity contribution in [2.75, 3.05) is 26.4 Å². The van der Waals surface area contributed by atoms with Gasteiger partial charge in [-0.2, -0.15) is 13.2 Å². The summed E-state index contributed by atoms with van der Waals surface area (Å²) in [6.45, 7) is 2.46. The minimum atomic E-state index is -4.46. The minimum absolute atomic E-state index is 0.00627. The van der Waals surface area contributed by atoms with Gasteiger partial charge in [0.1, 0.15) is 5.65 Å². The van der Waals surface area contributed by atoms with Crippen LogP contribution in [0, 0.1) is 5.92 Å². The number of halogens is 3. The molecule has 0 amide bonds. The lowest BCUT2D eigenvalue weighted by molar-refractivity contribution is -0.136. The monoisotopic (exact) mass is 394 g/mol. The Hall–Kier alpha value is -2.39. The zero-order chi connectivity index (χ0) is 19.7. The Morgan fingerprint density at radius 2 is 2.04 bits per heavy atom. The van der Waals surface area contributed by atoms with Crippen molar-refractivity contribution < 1.29 is 22.6 Å². The van der Waals surface area contributed by atoms with E-state index < -0.39 is 11.7 Å². The number of aromatic amines is 1. The maximum absolute atomic E-state index is 13.2. The molecule has 6 nitrogen and oxygen atoms in total. The van der Waals surface area contributed by atoms with E-state index >= 15 is 0 Å². The van der Waals surface area contributed by atoms with Crippen LogP contribution in [0.4, 0.5) is 13.2 Å². The molecule has 2 aliphatic heterocycles. The first kappa shape index (κ1) is 18.9. The van der Waals surface area contributed by atoms with Crippen LogP contribution in [0.15, 0.2) is 29.5 Å². The summed E-state index contributed by atoms with van der Waals surface area (Å²) in [4.78, 5) is 11.4. The maximum Gasteiger partial charge on any atom is 0.418 e. The number of nitrogens with one attached hydrogen (secondary N) is 1. The van der Waals surface area contributed by atoms with E-state index in [2.05, 4.69) is 9.97 Å². The molecule has 4 heterocycles. The number of rotatable bonds is 4. The molecule has 0 bridgehead atoms. The summed E-state index contributed by atoms with van der Waals surface area (Å²) in [5.41, 5.74) is 7.20. The predicted molar refractivity (Wildman–Crippen MR) is 98.8 cm³/mol. The molecule has 4 rings (SSSR count). The highest BCUT2D eigenvalue weighted by molar-refractivity contribution is 6.02. The Bertz CT molecular complexity index is 908. The highest BCUT2D eigenvalue weighted by atomic mass is 19.4. The third kappa shape index (κ3) is 3.90. The number of allylic oxidation sites excluding steroid dienone is 1. The average Bonchev–Trinajstić information content (AvgIpc) is 3.40. The van der Waals surface area contributed by atoms with Crippen LogP contribution in [0.5, 0.6) is 0 Å². The summed E-state index contributed by atoms with van der Waals surface area (Å²) in [7, 11) is 0. The highest BCUT2D eigenvalue weighted by Gasteiger charge is 2.34. The normalized spacial score (nSPS) is 24.4. The topological polar surface area (TPSA) is 85.5 Å². The van der Waals surface area contributed by atoms with Crippen molar-refractivity contribution in [3.05, 3.63) is 35.7 Å². The molecule has 2 aliphatic rings. The van der Waals surface area contributed by atoms with Gasteiger partial charge >= 0.3 is 6.18 Å². The zero-order valence-electron chi connectivity index (χ0n) is 15.1. The molecule has 0 aromatic carbocycles. The zero-order valence-corrected chi connectivity index (χ0v) is 15.1. The number of ether oxygens (including phenoxy) is 2. The molecule has 0 spiro atoms. The molecule has 3 N–H and O–H groups in total. The minimum Gasteiger partial charge on any atom is -0.398 e. The van der Waals surface area contributed by atoms with E-state index in [-0.39, 0.29) is 23.0 Å². The molecular formula is C19H21F3N4O2. The van der Waals surface area contributed by atoms with Gasteiger partial charge in [0.25, 0.3) is 0 Å². The molecule has 2 fully saturated rings. The number of aliphatic imine (C=N–C) groups is 1. The first-order chi connectivity index (χ1) is 13.4. The molecule has 0 saturated carbocycles. The Morgan fingerprint density at radius 3 is 2.71 bits per heavy atom. The second kappa shape index (κ2) is 7.56. The molecule has 0 radical (unpaired) electrons. The summed E-state index contributed by atoms with van der Waals surface area (Å²) in [6, 6.07) is 1.48. The lowest BCUT2D eigenvalue weighted by atomic mass is 9.99. The lowest BCUT2D eigenvalue weighted by Crippen LogP contribution is -2.18. The van der Waals surface area contributed by atoms with Crippen molar-refractivity contribution in [3.63, 3.8) is 0 Å². The molecule has 2 atom stereocenters. The van der Waals surface area contributed by atoms with Gasteiger partial charge < -0.3 is 20.2 Å². The number of hydrogen-bond acceptors (Lipinski definition) is 5. The van der Waals surface area contributed by atoms with Crippen LogP contribution in [-0.2, 0) is 15.7 Å². The van der Waals surface area contributed by atoms with Crippen LogP contribution in [0.3, 0.4) is 0 Å². The molecule has 2 unspecified atom stereocenters. The van der Waals surface area contributed by atoms with Gasteiger partial charge in [-0.3, -0.25) is 4.99 Å². The number of H-pyrrole nitrogens is 1. The molecule has 2 saturated heterocycles. The van der Waals surface area contributed by atoms with Crippen molar-refractivity contribution in [2.45, 2.75) is 25.1 Å². The molecule has 9 heteroatoms. The SMILES string of the molecule is NC(=CC(=NC1CCOC1)C1CCOC1)c1cnc2[nH]cc(C(F)(F)F)c2c1. The van der Waals surface area contributed by atoms with E-state index in [4.69, 9.17) is 20.2 Å². The Kier molecular flexibility index (Phi) is 5.11. The summed E-state index contributed by atoms with van der Waals surface area (Å²) in [5, 5.41) is -0.00627. The van der Waals surface area contributed by atoms with Crippen molar-refractivity contribution >= 4 is 22.4 Å². The summed E-state index contributed by atoms with van der Waals surface area (Å²) < 4.78 is 50.4. The van der Waals surface area contributed by atoms with Gasteiger partial charge in [0.05, 0.1) is 24.8 Å². The fraction of sp³-hybridized carbons (Fsp3) is 0.474. The van der Waals surface area contributed by atoms with E-state index in [1.807, 2.05) is 0 Å². The van der Waals surface area contributed by atoms with Gasteiger partial charge in [-0.1, -0.05) is 0 Å². The highest BCUT2D eigenvalue weighted by Crippen LogP contribution is 2.35. The number of aromatic nitrogens is 2. The molecule has 2 aromatic rings. The van der Waals surface area contributed by atoms with Gasteiger partial charge in [-0.15, -0.1) is 0 Å². The first-order valence-corrected chi connectivity index (χ1v) is 9.17. The fourth-order valence-electron chi connectivity index (χ4n) is 3.50. The number of nitrogens with two attached hydrogens (primary N) is 1. The Balaban J connectivity index is 1.69. The third-order valence-corrected chi connectivity index (χ3v) is 5.06. The number of pyridine rings is 1. The Labute approximate surface area is 159 Å². The van der Waals surface area contributed by atoms with E-state index in [0.29, 0.717) is 37.7 Å². The predicted octanol–water partition coefficient (Wildman–Crippen LogP) is 3.15. The van der Waals surface area contributed by atoms with E-state index in [1.54, 1.807) is 6.08 Å². The van der Waals surface area contributed by atoms with Gasteiger partial charge in [0.15, 0.2) is 0 Å². The first-order valence-electron chi connectivity index (χ1n) is 9.17. The van der Waals surface area contributed by atoms with E-state index in [0.717, 1.165) is 24.8 Å². The molecule has 150 valence electrons. The second-order valence-corrected chi connectivity index (χ2v) is 7.05. The van der Waals surface area contributed by atoms with Gasteiger partial charge in [-0.25, -0.2) is 4.98 Å². The number of alkyl halides is 3. The van der Waals surface area contributed by atoms with Crippen LogP contribution in [0.1, 0.15) is 24.0 Å².